The highest BCUT2D eigenvalue weighted by Crippen LogP contribution is 2.50. The predicted octanol–water partition coefficient (Wildman–Crippen LogP) is 6.63. The van der Waals surface area contributed by atoms with Gasteiger partial charge in [0.15, 0.2) is 14.7 Å². The summed E-state index contributed by atoms with van der Waals surface area (Å²) in [5.41, 5.74) is 2.11. The molecule has 3 heterocycles. The van der Waals surface area contributed by atoms with Crippen LogP contribution in [0.25, 0.3) is 20.6 Å². The van der Waals surface area contributed by atoms with Crippen LogP contribution in [0.3, 0.4) is 0 Å². The van der Waals surface area contributed by atoms with Gasteiger partial charge in [-0.05, 0) is 61.8 Å². The van der Waals surface area contributed by atoms with Crippen LogP contribution in [0.5, 0.6) is 0 Å². The molecule has 1 unspecified atom stereocenters. The Morgan fingerprint density at radius 2 is 1.82 bits per heavy atom. The van der Waals surface area contributed by atoms with Gasteiger partial charge in [0.25, 0.3) is 0 Å². The van der Waals surface area contributed by atoms with Gasteiger partial charge in [-0.25, -0.2) is 14.8 Å². The van der Waals surface area contributed by atoms with Crippen molar-refractivity contribution in [3.05, 3.63) is 75.4 Å². The lowest BCUT2D eigenvalue weighted by molar-refractivity contribution is -0.140. The van der Waals surface area contributed by atoms with E-state index in [1.807, 2.05) is 56.3 Å². The van der Waals surface area contributed by atoms with Crippen LogP contribution in [0.4, 0.5) is 10.5 Å². The molecule has 1 aliphatic rings. The van der Waals surface area contributed by atoms with E-state index < -0.39 is 23.6 Å². The largest absolute Gasteiger partial charge is 0.481 e. The molecule has 2 aromatic carbocycles. The van der Waals surface area contributed by atoms with Crippen molar-refractivity contribution in [3.8, 4) is 11.8 Å². The lowest BCUT2D eigenvalue weighted by atomic mass is 10.1. The van der Waals surface area contributed by atoms with Crippen LogP contribution < -0.4 is 5.32 Å². The van der Waals surface area contributed by atoms with E-state index in [-0.39, 0.29) is 5.76 Å². The van der Waals surface area contributed by atoms with Gasteiger partial charge in [0.05, 0.1) is 0 Å². The number of carbonyl (C=O) groups is 2. The van der Waals surface area contributed by atoms with E-state index in [1.54, 1.807) is 6.07 Å². The number of aryl methyl sites for hydroxylation is 1. The number of furan rings is 1. The Labute approximate surface area is 225 Å². The molecule has 1 atom stereocenters. The molecule has 5 aromatic rings. The number of hydrogen-bond donors (Lipinski definition) is 2. The maximum absolute atomic E-state index is 12.8. The first kappa shape index (κ1) is 24.2. The van der Waals surface area contributed by atoms with Crippen LogP contribution in [-0.2, 0) is 14.9 Å². The zero-order valence-electron chi connectivity index (χ0n) is 20.4. The van der Waals surface area contributed by atoms with Crippen LogP contribution in [-0.4, -0.2) is 27.1 Å². The van der Waals surface area contributed by atoms with Gasteiger partial charge in [-0.1, -0.05) is 59.1 Å². The van der Waals surface area contributed by atoms with Gasteiger partial charge >= 0.3 is 12.1 Å². The normalized spacial score (nSPS) is 14.6. The summed E-state index contributed by atoms with van der Waals surface area (Å²) < 4.78 is 11.6. The number of thiazole rings is 2. The van der Waals surface area contributed by atoms with E-state index in [0.29, 0.717) is 49.2 Å². The Hall–Kier alpha value is -4.20. The minimum atomic E-state index is -0.850. The second-order valence-corrected chi connectivity index (χ2v) is 11.1. The quantitative estimate of drug-likeness (QED) is 0.239. The maximum Gasteiger partial charge on any atom is 0.412 e. The molecule has 6 rings (SSSR count). The molecule has 38 heavy (non-hydrogen) atoms. The number of aromatic nitrogens is 2. The van der Waals surface area contributed by atoms with Crippen molar-refractivity contribution < 1.29 is 23.8 Å². The maximum atomic E-state index is 12.8. The van der Waals surface area contributed by atoms with Crippen molar-refractivity contribution in [1.29, 1.82) is 0 Å². The summed E-state index contributed by atoms with van der Waals surface area (Å²) in [6.07, 6.45) is 0.141. The Morgan fingerprint density at radius 1 is 1.08 bits per heavy atom. The molecule has 8 nitrogen and oxygen atoms in total. The summed E-state index contributed by atoms with van der Waals surface area (Å²) in [5, 5.41) is 14.2. The fraction of sp³-hybridized carbons (Fsp3) is 0.214. The Balaban J connectivity index is 1.26. The highest BCUT2D eigenvalue weighted by Gasteiger charge is 2.54. The standard InChI is InChI=1S/C28H21N3O5S2/c1-15-7-3-4-8-17(15)16(2)35-27(34)30-22-18-9-5-6-10-19(18)36-20(22)11-12-21-29-23-24(37-21)31-25(38-23)28(13-14-28)26(32)33/h3-10,16H,13-14H2,1-2H3,(H,30,34)(H,32,33). The fourth-order valence-electron chi connectivity index (χ4n) is 4.31. The molecular formula is C28H21N3O5S2. The number of carboxylic acid groups (broad SMARTS) is 1. The predicted molar refractivity (Wildman–Crippen MR) is 146 cm³/mol. The topological polar surface area (TPSA) is 115 Å². The summed E-state index contributed by atoms with van der Waals surface area (Å²) in [6.45, 7) is 3.80. The van der Waals surface area contributed by atoms with E-state index in [9.17, 15) is 14.7 Å². The zero-order valence-corrected chi connectivity index (χ0v) is 22.0. The average Bonchev–Trinajstić information content (AvgIpc) is 3.32. The number of benzene rings is 2. The van der Waals surface area contributed by atoms with Gasteiger partial charge < -0.3 is 14.3 Å². The number of nitrogens with one attached hydrogen (secondary N) is 1. The zero-order chi connectivity index (χ0) is 26.4. The lowest BCUT2D eigenvalue weighted by Gasteiger charge is -2.16. The second kappa shape index (κ2) is 9.28. The van der Waals surface area contributed by atoms with Crippen molar-refractivity contribution in [2.24, 2.45) is 0 Å². The van der Waals surface area contributed by atoms with Crippen LogP contribution in [0.1, 0.15) is 52.8 Å². The lowest BCUT2D eigenvalue weighted by Crippen LogP contribution is -2.18. The van der Waals surface area contributed by atoms with Gasteiger partial charge in [0, 0.05) is 5.39 Å². The molecule has 0 saturated heterocycles. The number of amides is 1. The van der Waals surface area contributed by atoms with Gasteiger partial charge in [-0.15, -0.1) is 0 Å². The number of carbonyl (C=O) groups excluding carboxylic acids is 1. The number of ether oxygens (including phenoxy) is 1. The molecule has 1 amide bonds. The van der Waals surface area contributed by atoms with Gasteiger partial charge in [-0.3, -0.25) is 10.1 Å². The highest BCUT2D eigenvalue weighted by atomic mass is 32.1. The summed E-state index contributed by atoms with van der Waals surface area (Å²) in [4.78, 5) is 34.8. The molecule has 3 aromatic heterocycles. The smallest absolute Gasteiger partial charge is 0.412 e. The van der Waals surface area contributed by atoms with Gasteiger partial charge in [0.1, 0.15) is 27.8 Å². The molecule has 1 fully saturated rings. The minimum Gasteiger partial charge on any atom is -0.481 e. The van der Waals surface area contributed by atoms with E-state index in [2.05, 4.69) is 27.1 Å². The van der Waals surface area contributed by atoms with Crippen molar-refractivity contribution in [2.75, 3.05) is 5.32 Å². The molecule has 1 aliphatic carbocycles. The van der Waals surface area contributed by atoms with Gasteiger partial charge in [0.2, 0.25) is 5.76 Å². The van der Waals surface area contributed by atoms with Crippen LogP contribution in [0, 0.1) is 18.8 Å². The summed E-state index contributed by atoms with van der Waals surface area (Å²) in [6, 6.07) is 15.1. The third-order valence-electron chi connectivity index (χ3n) is 6.56. The van der Waals surface area contributed by atoms with Crippen LogP contribution >= 0.6 is 22.7 Å². The van der Waals surface area contributed by atoms with E-state index >= 15 is 0 Å². The molecule has 0 radical (unpaired) electrons. The Bertz CT molecular complexity index is 1750. The number of anilines is 1. The van der Waals surface area contributed by atoms with Crippen LogP contribution in [0.2, 0.25) is 0 Å². The number of rotatable bonds is 5. The number of carboxylic acids is 1. The summed E-state index contributed by atoms with van der Waals surface area (Å²) >= 11 is 2.60. The summed E-state index contributed by atoms with van der Waals surface area (Å²) in [7, 11) is 0. The number of hydrogen-bond acceptors (Lipinski definition) is 8. The van der Waals surface area contributed by atoms with Crippen molar-refractivity contribution in [2.45, 2.75) is 38.2 Å². The highest BCUT2D eigenvalue weighted by molar-refractivity contribution is 7.26. The number of fused-ring (bicyclic) bond motifs is 2. The summed E-state index contributed by atoms with van der Waals surface area (Å²) in [5.74, 6) is 5.43. The van der Waals surface area contributed by atoms with E-state index in [1.165, 1.54) is 22.7 Å². The third kappa shape index (κ3) is 4.30. The monoisotopic (exact) mass is 543 g/mol. The number of para-hydroxylation sites is 1. The van der Waals surface area contributed by atoms with Gasteiger partial charge in [-0.2, -0.15) is 0 Å². The van der Waals surface area contributed by atoms with E-state index in [0.717, 1.165) is 11.1 Å². The van der Waals surface area contributed by atoms with Crippen molar-refractivity contribution in [1.82, 2.24) is 9.97 Å². The molecule has 1 saturated carbocycles. The molecule has 0 spiro atoms. The molecule has 190 valence electrons. The molecular weight excluding hydrogens is 522 g/mol. The molecule has 0 aliphatic heterocycles. The minimum absolute atomic E-state index is 0.279. The van der Waals surface area contributed by atoms with Crippen LogP contribution in [0.15, 0.2) is 52.9 Å². The fourth-order valence-corrected chi connectivity index (χ4v) is 6.44. The first-order chi connectivity index (χ1) is 18.3. The molecule has 10 heteroatoms. The molecule has 2 N–H and O–H groups in total. The first-order valence-corrected chi connectivity index (χ1v) is 13.6. The first-order valence-electron chi connectivity index (χ1n) is 11.9. The number of nitrogens with zero attached hydrogens (tertiary/aromatic N) is 2. The Morgan fingerprint density at radius 3 is 2.55 bits per heavy atom. The number of aliphatic carboxylic acids is 1. The second-order valence-electron chi connectivity index (χ2n) is 9.12. The van der Waals surface area contributed by atoms with E-state index in [4.69, 9.17) is 9.15 Å². The molecule has 0 bridgehead atoms. The third-order valence-corrected chi connectivity index (χ3v) is 8.71. The Kier molecular flexibility index (Phi) is 5.90. The van der Waals surface area contributed by atoms with Crippen molar-refractivity contribution in [3.63, 3.8) is 0 Å². The van der Waals surface area contributed by atoms with Crippen molar-refractivity contribution >= 4 is 61.1 Å². The SMILES string of the molecule is Cc1ccccc1C(C)OC(=O)Nc1c(C#Cc2nc3sc(C4(C(=O)O)CC4)nc3s2)oc2ccccc12. The average molecular weight is 544 g/mol.